The van der Waals surface area contributed by atoms with Gasteiger partial charge in [-0.25, -0.2) is 0 Å². The molecular weight excluding hydrogens is 358 g/mol. The normalized spacial score (nSPS) is 12.3. The number of hydrogen-bond acceptors (Lipinski definition) is 1. The molecule has 0 fully saturated rings. The minimum atomic E-state index is 1.20. The van der Waals surface area contributed by atoms with Crippen LogP contribution in [0.1, 0.15) is 0 Å². The summed E-state index contributed by atoms with van der Waals surface area (Å²) in [5.74, 6) is 0. The van der Waals surface area contributed by atoms with Gasteiger partial charge in [-0.1, -0.05) is 48.5 Å². The Balaban J connectivity index is 1.67. The lowest BCUT2D eigenvalue weighted by atomic mass is 10.0. The molecule has 2 heterocycles. The lowest BCUT2D eigenvalue weighted by Crippen LogP contribution is -1.76. The molecule has 0 aliphatic rings. The summed E-state index contributed by atoms with van der Waals surface area (Å²) in [6.45, 7) is 0. The van der Waals surface area contributed by atoms with Crippen molar-refractivity contribution < 1.29 is 0 Å². The van der Waals surface area contributed by atoms with E-state index >= 15 is 0 Å². The summed E-state index contributed by atoms with van der Waals surface area (Å²) in [4.78, 5) is 3.67. The number of H-pyrrole nitrogens is 1. The van der Waals surface area contributed by atoms with Crippen molar-refractivity contribution in [2.75, 3.05) is 0 Å². The van der Waals surface area contributed by atoms with Crippen LogP contribution in [0.25, 0.3) is 63.5 Å². The molecule has 0 saturated carbocycles. The number of rotatable bonds is 0. The zero-order chi connectivity index (χ0) is 18.2. The molecule has 0 saturated heterocycles. The van der Waals surface area contributed by atoms with Crippen molar-refractivity contribution >= 4 is 74.9 Å². The molecular formula is C26H15NS. The first-order valence-electron chi connectivity index (χ1n) is 9.53. The van der Waals surface area contributed by atoms with Crippen molar-refractivity contribution in [1.82, 2.24) is 4.98 Å². The van der Waals surface area contributed by atoms with Crippen molar-refractivity contribution in [2.24, 2.45) is 0 Å². The van der Waals surface area contributed by atoms with E-state index in [0.29, 0.717) is 0 Å². The van der Waals surface area contributed by atoms with E-state index in [1.165, 1.54) is 63.5 Å². The summed E-state index contributed by atoms with van der Waals surface area (Å²) in [6.07, 6.45) is 0. The van der Waals surface area contributed by atoms with Gasteiger partial charge in [0, 0.05) is 42.0 Å². The van der Waals surface area contributed by atoms with Crippen LogP contribution < -0.4 is 0 Å². The van der Waals surface area contributed by atoms with Crippen LogP contribution in [0.5, 0.6) is 0 Å². The first-order valence-corrected chi connectivity index (χ1v) is 10.3. The number of aromatic amines is 1. The van der Waals surface area contributed by atoms with Gasteiger partial charge in [-0.05, 0) is 57.9 Å². The van der Waals surface area contributed by atoms with E-state index in [1.54, 1.807) is 0 Å². The van der Waals surface area contributed by atoms with E-state index in [-0.39, 0.29) is 0 Å². The van der Waals surface area contributed by atoms with Gasteiger partial charge in [0.05, 0.1) is 0 Å². The maximum absolute atomic E-state index is 3.67. The van der Waals surface area contributed by atoms with Crippen LogP contribution in [0.2, 0.25) is 0 Å². The van der Waals surface area contributed by atoms with Crippen LogP contribution in [0.15, 0.2) is 84.9 Å². The second-order valence-corrected chi connectivity index (χ2v) is 8.61. The Morgan fingerprint density at radius 1 is 0.500 bits per heavy atom. The third kappa shape index (κ3) is 1.85. The Labute approximate surface area is 164 Å². The van der Waals surface area contributed by atoms with Crippen LogP contribution in [0, 0.1) is 0 Å². The third-order valence-corrected chi connectivity index (χ3v) is 7.08. The third-order valence-electron chi connectivity index (χ3n) is 5.94. The number of benzene rings is 5. The number of thiophene rings is 1. The SMILES string of the molecule is c1ccc2cc3c(cc2c1)[nH]c1cc2c(ccc4sc5ccccc5c42)cc13. The fraction of sp³-hybridized carbons (Fsp3) is 0. The molecule has 1 nitrogen and oxygen atoms in total. The topological polar surface area (TPSA) is 15.8 Å². The summed E-state index contributed by atoms with van der Waals surface area (Å²) >= 11 is 1.88. The fourth-order valence-corrected chi connectivity index (χ4v) is 5.76. The number of fused-ring (bicyclic) bond motifs is 9. The highest BCUT2D eigenvalue weighted by molar-refractivity contribution is 7.26. The van der Waals surface area contributed by atoms with Gasteiger partial charge in [-0.2, -0.15) is 0 Å². The van der Waals surface area contributed by atoms with Crippen LogP contribution >= 0.6 is 11.3 Å². The van der Waals surface area contributed by atoms with Crippen LogP contribution in [0.3, 0.4) is 0 Å². The molecule has 0 unspecified atom stereocenters. The molecule has 0 aliphatic heterocycles. The molecule has 0 radical (unpaired) electrons. The lowest BCUT2D eigenvalue weighted by Gasteiger charge is -2.02. The zero-order valence-electron chi connectivity index (χ0n) is 15.0. The highest BCUT2D eigenvalue weighted by atomic mass is 32.1. The quantitative estimate of drug-likeness (QED) is 0.277. The summed E-state index contributed by atoms with van der Waals surface area (Å²) < 4.78 is 2.71. The summed E-state index contributed by atoms with van der Waals surface area (Å²) in [5, 5.41) is 10.5. The van der Waals surface area contributed by atoms with E-state index in [0.717, 1.165) is 0 Å². The first kappa shape index (κ1) is 14.7. The van der Waals surface area contributed by atoms with E-state index < -0.39 is 0 Å². The standard InChI is InChI=1S/C26H15NS/c1-2-6-16-13-22-20(11-15(16)5-1)21-12-17-9-10-25-26(19(17)14-23(21)27-22)18-7-3-4-8-24(18)28-25/h1-14,27H. The van der Waals surface area contributed by atoms with Gasteiger partial charge < -0.3 is 4.98 Å². The van der Waals surface area contributed by atoms with Crippen molar-refractivity contribution in [2.45, 2.75) is 0 Å². The predicted octanol–water partition coefficient (Wildman–Crippen LogP) is 8.00. The number of aromatic nitrogens is 1. The molecule has 2 aromatic heterocycles. The molecule has 28 heavy (non-hydrogen) atoms. The molecule has 7 aromatic rings. The largest absolute Gasteiger partial charge is 0.354 e. The highest BCUT2D eigenvalue weighted by Crippen LogP contribution is 2.40. The molecule has 0 atom stereocenters. The Morgan fingerprint density at radius 2 is 1.21 bits per heavy atom. The van der Waals surface area contributed by atoms with Crippen LogP contribution in [-0.4, -0.2) is 4.98 Å². The number of nitrogens with one attached hydrogen (secondary N) is 1. The van der Waals surface area contributed by atoms with Gasteiger partial charge in [0.2, 0.25) is 0 Å². The molecule has 2 heteroatoms. The first-order chi connectivity index (χ1) is 13.8. The molecule has 0 amide bonds. The average Bonchev–Trinajstić information content (AvgIpc) is 3.28. The Hall–Kier alpha value is -3.36. The average molecular weight is 373 g/mol. The van der Waals surface area contributed by atoms with Gasteiger partial charge in [0.15, 0.2) is 0 Å². The van der Waals surface area contributed by atoms with Crippen molar-refractivity contribution in [3.05, 3.63) is 84.9 Å². The Bertz CT molecular complexity index is 1720. The van der Waals surface area contributed by atoms with Crippen LogP contribution in [-0.2, 0) is 0 Å². The second kappa shape index (κ2) is 5.12. The van der Waals surface area contributed by atoms with Gasteiger partial charge >= 0.3 is 0 Å². The minimum Gasteiger partial charge on any atom is -0.354 e. The molecule has 0 bridgehead atoms. The molecule has 5 aromatic carbocycles. The number of hydrogen-bond donors (Lipinski definition) is 1. The van der Waals surface area contributed by atoms with Gasteiger partial charge in [-0.15, -0.1) is 11.3 Å². The molecule has 130 valence electrons. The van der Waals surface area contributed by atoms with E-state index in [9.17, 15) is 0 Å². The minimum absolute atomic E-state index is 1.20. The maximum Gasteiger partial charge on any atom is 0.0471 e. The van der Waals surface area contributed by atoms with E-state index in [1.807, 2.05) is 11.3 Å². The van der Waals surface area contributed by atoms with Gasteiger partial charge in [0.1, 0.15) is 0 Å². The van der Waals surface area contributed by atoms with E-state index in [4.69, 9.17) is 0 Å². The summed E-state index contributed by atoms with van der Waals surface area (Å²) in [5.41, 5.74) is 2.41. The molecule has 1 N–H and O–H groups in total. The van der Waals surface area contributed by atoms with Gasteiger partial charge in [-0.3, -0.25) is 0 Å². The fourth-order valence-electron chi connectivity index (χ4n) is 4.63. The van der Waals surface area contributed by atoms with Crippen LogP contribution in [0.4, 0.5) is 0 Å². The van der Waals surface area contributed by atoms with Crippen molar-refractivity contribution in [3.63, 3.8) is 0 Å². The second-order valence-electron chi connectivity index (χ2n) is 7.53. The monoisotopic (exact) mass is 373 g/mol. The molecule has 0 aliphatic carbocycles. The molecule has 0 spiro atoms. The van der Waals surface area contributed by atoms with Crippen molar-refractivity contribution in [3.8, 4) is 0 Å². The predicted molar refractivity (Wildman–Crippen MR) is 124 cm³/mol. The van der Waals surface area contributed by atoms with Gasteiger partial charge in [0.25, 0.3) is 0 Å². The smallest absolute Gasteiger partial charge is 0.0471 e. The van der Waals surface area contributed by atoms with E-state index in [2.05, 4.69) is 89.9 Å². The summed E-state index contributed by atoms with van der Waals surface area (Å²) in [7, 11) is 0. The van der Waals surface area contributed by atoms with Crippen molar-refractivity contribution in [1.29, 1.82) is 0 Å². The highest BCUT2D eigenvalue weighted by Gasteiger charge is 2.12. The summed E-state index contributed by atoms with van der Waals surface area (Å²) in [6, 6.07) is 31.1. The zero-order valence-corrected chi connectivity index (χ0v) is 15.8. The lowest BCUT2D eigenvalue weighted by molar-refractivity contribution is 1.56. The Kier molecular flexibility index (Phi) is 2.68. The maximum atomic E-state index is 3.67. The molecule has 7 rings (SSSR count). The Morgan fingerprint density at radius 3 is 2.11 bits per heavy atom.